The summed E-state index contributed by atoms with van der Waals surface area (Å²) in [5.74, 6) is -0.0732. The monoisotopic (exact) mass is 333 g/mol. The molecule has 4 rings (SSSR count). The second-order valence-electron chi connectivity index (χ2n) is 6.55. The third-order valence-electron chi connectivity index (χ3n) is 4.80. The van der Waals surface area contributed by atoms with Crippen molar-refractivity contribution in [3.8, 4) is 0 Å². The van der Waals surface area contributed by atoms with Crippen molar-refractivity contribution in [3.63, 3.8) is 0 Å². The number of nitrogens with zero attached hydrogens (tertiary/aromatic N) is 2. The number of hydrogen-bond donors (Lipinski definition) is 1. The highest BCUT2D eigenvalue weighted by Crippen LogP contribution is 2.19. The van der Waals surface area contributed by atoms with E-state index in [9.17, 15) is 9.59 Å². The summed E-state index contributed by atoms with van der Waals surface area (Å²) in [5, 5.41) is 9.58. The highest BCUT2D eigenvalue weighted by atomic mass is 16.1. The molecule has 0 aliphatic heterocycles. The largest absolute Gasteiger partial charge is 0.349 e. The molecule has 0 saturated carbocycles. The molecule has 25 heavy (non-hydrogen) atoms. The standard InChI is InChI=1S/C20H19N3O2/c1-23-19(24)12-16-11-17(8-9-18(16)22-23)21-20(25)15-7-6-13-4-2-3-5-14(13)10-15/h2-7,10,12,17H,8-9,11H2,1H3,(H,21,25). The van der Waals surface area contributed by atoms with Gasteiger partial charge in [0.05, 0.1) is 5.69 Å². The molecule has 1 heterocycles. The number of carbonyl (C=O) groups excluding carboxylic acids is 1. The molecule has 5 nitrogen and oxygen atoms in total. The first-order valence-electron chi connectivity index (χ1n) is 8.46. The van der Waals surface area contributed by atoms with Gasteiger partial charge in [0.1, 0.15) is 0 Å². The van der Waals surface area contributed by atoms with Crippen molar-refractivity contribution in [2.45, 2.75) is 25.3 Å². The fourth-order valence-corrected chi connectivity index (χ4v) is 3.41. The van der Waals surface area contributed by atoms with Crippen LogP contribution in [-0.4, -0.2) is 21.7 Å². The molecule has 0 saturated heterocycles. The van der Waals surface area contributed by atoms with E-state index >= 15 is 0 Å². The molecular weight excluding hydrogens is 314 g/mol. The molecule has 2 aromatic carbocycles. The van der Waals surface area contributed by atoms with Gasteiger partial charge in [0.15, 0.2) is 0 Å². The molecule has 1 atom stereocenters. The van der Waals surface area contributed by atoms with E-state index in [-0.39, 0.29) is 17.5 Å². The second kappa shape index (κ2) is 6.16. The Morgan fingerprint density at radius 1 is 1.16 bits per heavy atom. The molecule has 126 valence electrons. The van der Waals surface area contributed by atoms with Crippen molar-refractivity contribution < 1.29 is 4.79 Å². The number of nitrogens with one attached hydrogen (secondary N) is 1. The number of benzene rings is 2. The van der Waals surface area contributed by atoms with Crippen molar-refractivity contribution in [1.82, 2.24) is 15.1 Å². The van der Waals surface area contributed by atoms with Crippen LogP contribution in [-0.2, 0) is 19.9 Å². The van der Waals surface area contributed by atoms with E-state index in [0.717, 1.165) is 34.9 Å². The van der Waals surface area contributed by atoms with Crippen LogP contribution in [0.25, 0.3) is 10.8 Å². The Bertz CT molecular complexity index is 1020. The number of aromatic nitrogens is 2. The summed E-state index contributed by atoms with van der Waals surface area (Å²) in [6.07, 6.45) is 2.25. The maximum atomic E-state index is 12.6. The number of fused-ring (bicyclic) bond motifs is 2. The molecule has 1 unspecified atom stereocenters. The van der Waals surface area contributed by atoms with Crippen LogP contribution in [0.1, 0.15) is 28.0 Å². The Morgan fingerprint density at radius 3 is 2.80 bits per heavy atom. The van der Waals surface area contributed by atoms with E-state index in [0.29, 0.717) is 12.0 Å². The topological polar surface area (TPSA) is 64.0 Å². The van der Waals surface area contributed by atoms with Gasteiger partial charge in [-0.25, -0.2) is 4.68 Å². The summed E-state index contributed by atoms with van der Waals surface area (Å²) in [7, 11) is 1.66. The van der Waals surface area contributed by atoms with Gasteiger partial charge in [-0.2, -0.15) is 5.10 Å². The summed E-state index contributed by atoms with van der Waals surface area (Å²) in [6, 6.07) is 15.4. The smallest absolute Gasteiger partial charge is 0.266 e. The van der Waals surface area contributed by atoms with Gasteiger partial charge in [-0.1, -0.05) is 30.3 Å². The molecule has 3 aromatic rings. The number of rotatable bonds is 2. The predicted molar refractivity (Wildman–Crippen MR) is 96.7 cm³/mol. The zero-order valence-corrected chi connectivity index (χ0v) is 14.0. The molecule has 0 fully saturated rings. The zero-order valence-electron chi connectivity index (χ0n) is 14.0. The van der Waals surface area contributed by atoms with Crippen molar-refractivity contribution in [2.24, 2.45) is 7.05 Å². The Labute approximate surface area is 145 Å². The van der Waals surface area contributed by atoms with Gasteiger partial charge < -0.3 is 5.32 Å². The quantitative estimate of drug-likeness (QED) is 0.782. The number of hydrogen-bond acceptors (Lipinski definition) is 3. The van der Waals surface area contributed by atoms with Crippen LogP contribution in [0.5, 0.6) is 0 Å². The Morgan fingerprint density at radius 2 is 1.96 bits per heavy atom. The molecule has 5 heteroatoms. The van der Waals surface area contributed by atoms with Crippen LogP contribution in [0.3, 0.4) is 0 Å². The molecule has 1 N–H and O–H groups in total. The lowest BCUT2D eigenvalue weighted by Crippen LogP contribution is -2.40. The minimum atomic E-state index is -0.111. The van der Waals surface area contributed by atoms with Gasteiger partial charge in [-0.3, -0.25) is 9.59 Å². The average molecular weight is 333 g/mol. The lowest BCUT2D eigenvalue weighted by atomic mass is 9.92. The SMILES string of the molecule is Cn1nc2c(cc1=O)CC(NC(=O)c1ccc3ccccc3c1)CC2. The summed E-state index contributed by atoms with van der Waals surface area (Å²) in [5.41, 5.74) is 2.45. The number of amides is 1. The highest BCUT2D eigenvalue weighted by molar-refractivity contribution is 5.98. The maximum Gasteiger partial charge on any atom is 0.266 e. The van der Waals surface area contributed by atoms with Gasteiger partial charge >= 0.3 is 0 Å². The van der Waals surface area contributed by atoms with Gasteiger partial charge in [0, 0.05) is 24.7 Å². The van der Waals surface area contributed by atoms with E-state index in [4.69, 9.17) is 0 Å². The fraction of sp³-hybridized carbons (Fsp3) is 0.250. The third-order valence-corrected chi connectivity index (χ3v) is 4.80. The fourth-order valence-electron chi connectivity index (χ4n) is 3.41. The van der Waals surface area contributed by atoms with E-state index in [2.05, 4.69) is 10.4 Å². The van der Waals surface area contributed by atoms with E-state index in [1.54, 1.807) is 13.1 Å². The normalized spacial score (nSPS) is 16.4. The van der Waals surface area contributed by atoms with Crippen LogP contribution in [0.4, 0.5) is 0 Å². The molecule has 1 aliphatic rings. The van der Waals surface area contributed by atoms with Crippen molar-refractivity contribution in [3.05, 3.63) is 75.7 Å². The summed E-state index contributed by atoms with van der Waals surface area (Å²) >= 11 is 0. The summed E-state index contributed by atoms with van der Waals surface area (Å²) in [4.78, 5) is 24.4. The first-order valence-corrected chi connectivity index (χ1v) is 8.46. The zero-order chi connectivity index (χ0) is 17.4. The Kier molecular flexibility index (Phi) is 3.84. The van der Waals surface area contributed by atoms with Gasteiger partial charge in [0.25, 0.3) is 11.5 Å². The lowest BCUT2D eigenvalue weighted by Gasteiger charge is -2.25. The van der Waals surface area contributed by atoms with Crippen molar-refractivity contribution in [2.75, 3.05) is 0 Å². The van der Waals surface area contributed by atoms with E-state index in [1.807, 2.05) is 42.5 Å². The molecule has 1 aromatic heterocycles. The molecule has 0 spiro atoms. The second-order valence-corrected chi connectivity index (χ2v) is 6.55. The van der Waals surface area contributed by atoms with Crippen LogP contribution in [0.2, 0.25) is 0 Å². The van der Waals surface area contributed by atoms with Gasteiger partial charge in [0.2, 0.25) is 0 Å². The summed E-state index contributed by atoms with van der Waals surface area (Å²) in [6.45, 7) is 0. The van der Waals surface area contributed by atoms with Crippen LogP contribution in [0, 0.1) is 0 Å². The maximum absolute atomic E-state index is 12.6. The van der Waals surface area contributed by atoms with Crippen LogP contribution < -0.4 is 10.9 Å². The molecule has 1 aliphatic carbocycles. The predicted octanol–water partition coefficient (Wildman–Crippen LogP) is 2.22. The van der Waals surface area contributed by atoms with Crippen LogP contribution >= 0.6 is 0 Å². The van der Waals surface area contributed by atoms with Crippen molar-refractivity contribution in [1.29, 1.82) is 0 Å². The molecule has 0 radical (unpaired) electrons. The molecule has 0 bridgehead atoms. The Hall–Kier alpha value is -2.95. The molecule has 1 amide bonds. The first kappa shape index (κ1) is 15.6. The molecular formula is C20H19N3O2. The van der Waals surface area contributed by atoms with Gasteiger partial charge in [-0.15, -0.1) is 0 Å². The lowest BCUT2D eigenvalue weighted by molar-refractivity contribution is 0.0933. The third kappa shape index (κ3) is 3.05. The number of carbonyl (C=O) groups is 1. The average Bonchev–Trinajstić information content (AvgIpc) is 2.62. The highest BCUT2D eigenvalue weighted by Gasteiger charge is 2.22. The van der Waals surface area contributed by atoms with E-state index < -0.39 is 0 Å². The van der Waals surface area contributed by atoms with Gasteiger partial charge in [-0.05, 0) is 47.7 Å². The minimum absolute atomic E-state index is 0.0281. The first-order chi connectivity index (χ1) is 12.1. The summed E-state index contributed by atoms with van der Waals surface area (Å²) < 4.78 is 1.37. The van der Waals surface area contributed by atoms with Crippen LogP contribution in [0.15, 0.2) is 53.3 Å². The van der Waals surface area contributed by atoms with E-state index in [1.165, 1.54) is 4.68 Å². The van der Waals surface area contributed by atoms with Crippen molar-refractivity contribution >= 4 is 16.7 Å². The Balaban J connectivity index is 1.52. The minimum Gasteiger partial charge on any atom is -0.349 e. The number of aryl methyl sites for hydroxylation is 2.